The topological polar surface area (TPSA) is 123 Å². The Bertz CT molecular complexity index is 1940. The molecule has 0 aliphatic carbocycles. The second-order valence-corrected chi connectivity index (χ2v) is 11.0. The van der Waals surface area contributed by atoms with Crippen molar-refractivity contribution in [3.63, 3.8) is 0 Å². The fourth-order valence-electron chi connectivity index (χ4n) is 5.28. The maximum Gasteiger partial charge on any atom is 0.330 e. The van der Waals surface area contributed by atoms with Gasteiger partial charge in [-0.25, -0.2) is 13.6 Å². The molecule has 1 fully saturated rings. The number of nitrogens with zero attached hydrogens (tertiary/aromatic N) is 2. The average molecular weight is 638 g/mol. The van der Waals surface area contributed by atoms with Gasteiger partial charge in [0.05, 0.1) is 17.8 Å². The zero-order valence-electron chi connectivity index (χ0n) is 24.7. The van der Waals surface area contributed by atoms with E-state index in [1.165, 1.54) is 45.5 Å². The Morgan fingerprint density at radius 2 is 1.78 bits per heavy atom. The standard InChI is InChI=1S/C32H30ClF2N5O5/c1-39-16-23(31(43)40(2)32(39)44)30(42)38-25-9-5-8-21(29(25)35)20-7-4-6-19(28(20)33)17-12-24(34)22(26(13-17)45-3)15-36-14-18-10-11-27(41)37-18/h4-9,12-13,16,18,36H,10-11,14-15H2,1-3H3,(H,37,41)(H,38,42)/t18-/m0/s1. The zero-order valence-corrected chi connectivity index (χ0v) is 25.4. The molecule has 1 atom stereocenters. The molecule has 0 saturated carbocycles. The second-order valence-electron chi connectivity index (χ2n) is 10.7. The van der Waals surface area contributed by atoms with E-state index in [1.54, 1.807) is 24.3 Å². The molecular formula is C32H30ClF2N5O5. The van der Waals surface area contributed by atoms with Crippen LogP contribution in [0, 0.1) is 11.6 Å². The van der Waals surface area contributed by atoms with E-state index in [9.17, 15) is 19.2 Å². The highest BCUT2D eigenvalue weighted by molar-refractivity contribution is 6.36. The van der Waals surface area contributed by atoms with Crippen molar-refractivity contribution in [1.29, 1.82) is 0 Å². The smallest absolute Gasteiger partial charge is 0.330 e. The monoisotopic (exact) mass is 637 g/mol. The lowest BCUT2D eigenvalue weighted by Gasteiger charge is -2.17. The lowest BCUT2D eigenvalue weighted by atomic mass is 9.96. The van der Waals surface area contributed by atoms with Gasteiger partial charge in [0.1, 0.15) is 17.1 Å². The Balaban J connectivity index is 1.42. The van der Waals surface area contributed by atoms with Gasteiger partial charge in [0.25, 0.3) is 11.5 Å². The number of carbonyl (C=O) groups excluding carboxylic acids is 2. The Morgan fingerprint density at radius 1 is 1.07 bits per heavy atom. The van der Waals surface area contributed by atoms with E-state index in [2.05, 4.69) is 16.0 Å². The van der Waals surface area contributed by atoms with Gasteiger partial charge in [-0.2, -0.15) is 0 Å². The molecule has 2 amide bonds. The minimum Gasteiger partial charge on any atom is -0.496 e. The van der Waals surface area contributed by atoms with Crippen LogP contribution in [0.1, 0.15) is 28.8 Å². The van der Waals surface area contributed by atoms with E-state index >= 15 is 8.78 Å². The van der Waals surface area contributed by atoms with Crippen LogP contribution in [-0.4, -0.2) is 40.6 Å². The Hall–Kier alpha value is -4.81. The first-order chi connectivity index (χ1) is 21.5. The minimum atomic E-state index is -0.896. The van der Waals surface area contributed by atoms with Crippen LogP contribution in [0.3, 0.4) is 0 Å². The first kappa shape index (κ1) is 31.6. The van der Waals surface area contributed by atoms with Gasteiger partial charge < -0.3 is 25.3 Å². The molecule has 45 heavy (non-hydrogen) atoms. The van der Waals surface area contributed by atoms with E-state index in [0.29, 0.717) is 36.1 Å². The summed E-state index contributed by atoms with van der Waals surface area (Å²) in [7, 11) is 4.06. The van der Waals surface area contributed by atoms with E-state index < -0.39 is 28.8 Å². The summed E-state index contributed by atoms with van der Waals surface area (Å²) in [5, 5.41) is 8.56. The van der Waals surface area contributed by atoms with E-state index in [4.69, 9.17) is 16.3 Å². The summed E-state index contributed by atoms with van der Waals surface area (Å²) in [6.07, 6.45) is 2.27. The molecule has 4 aromatic rings. The van der Waals surface area contributed by atoms with Gasteiger partial charge >= 0.3 is 5.69 Å². The van der Waals surface area contributed by atoms with Crippen LogP contribution in [0.5, 0.6) is 5.75 Å². The van der Waals surface area contributed by atoms with Crippen molar-refractivity contribution < 1.29 is 23.1 Å². The molecule has 2 heterocycles. The maximum atomic E-state index is 15.8. The van der Waals surface area contributed by atoms with Crippen molar-refractivity contribution >= 4 is 29.1 Å². The lowest BCUT2D eigenvalue weighted by molar-refractivity contribution is -0.119. The molecule has 1 aliphatic heterocycles. The van der Waals surface area contributed by atoms with Crippen LogP contribution in [0.2, 0.25) is 5.02 Å². The van der Waals surface area contributed by atoms with Crippen LogP contribution >= 0.6 is 11.6 Å². The van der Waals surface area contributed by atoms with Gasteiger partial charge in [0.15, 0.2) is 5.82 Å². The second kappa shape index (κ2) is 13.0. The fraction of sp³-hybridized carbons (Fsp3) is 0.250. The van der Waals surface area contributed by atoms with Gasteiger partial charge in [0.2, 0.25) is 5.91 Å². The number of aryl methyl sites for hydroxylation is 1. The van der Waals surface area contributed by atoms with Crippen LogP contribution in [-0.2, 0) is 25.4 Å². The number of carbonyl (C=O) groups is 2. The number of rotatable bonds is 9. The third kappa shape index (κ3) is 6.38. The number of amides is 2. The Morgan fingerprint density at radius 3 is 2.49 bits per heavy atom. The number of halogens is 3. The van der Waals surface area contributed by atoms with Gasteiger partial charge in [-0.1, -0.05) is 41.9 Å². The zero-order chi connectivity index (χ0) is 32.4. The molecule has 3 aromatic carbocycles. The highest BCUT2D eigenvalue weighted by Gasteiger charge is 2.22. The molecule has 5 rings (SSSR count). The van der Waals surface area contributed by atoms with Crippen molar-refractivity contribution in [2.75, 3.05) is 19.0 Å². The third-order valence-corrected chi connectivity index (χ3v) is 8.10. The first-order valence-electron chi connectivity index (χ1n) is 14.0. The molecule has 234 valence electrons. The van der Waals surface area contributed by atoms with E-state index in [0.717, 1.165) is 15.3 Å². The number of nitrogens with one attached hydrogen (secondary N) is 3. The molecule has 0 spiro atoms. The summed E-state index contributed by atoms with van der Waals surface area (Å²) < 4.78 is 38.6. The maximum absolute atomic E-state index is 15.8. The van der Waals surface area contributed by atoms with Gasteiger partial charge in [-0.15, -0.1) is 0 Å². The number of aromatic nitrogens is 2. The highest BCUT2D eigenvalue weighted by Crippen LogP contribution is 2.40. The fourth-order valence-corrected chi connectivity index (χ4v) is 5.61. The molecule has 0 unspecified atom stereocenters. The number of hydrogen-bond acceptors (Lipinski definition) is 6. The van der Waals surface area contributed by atoms with Crippen molar-refractivity contribution in [1.82, 2.24) is 19.8 Å². The normalized spacial score (nSPS) is 14.4. The third-order valence-electron chi connectivity index (χ3n) is 7.69. The SMILES string of the molecule is COc1cc(-c2cccc(-c3cccc(NC(=O)c4cn(C)c(=O)n(C)c4=O)c3F)c2Cl)cc(F)c1CNC[C@@H]1CCC(=O)N1. The highest BCUT2D eigenvalue weighted by atomic mass is 35.5. The summed E-state index contributed by atoms with van der Waals surface area (Å²) in [4.78, 5) is 48.8. The lowest BCUT2D eigenvalue weighted by Crippen LogP contribution is -2.40. The molecule has 3 N–H and O–H groups in total. The van der Waals surface area contributed by atoms with Crippen molar-refractivity contribution in [2.45, 2.75) is 25.4 Å². The number of ether oxygens (including phenoxy) is 1. The Kier molecular flexibility index (Phi) is 9.16. The van der Waals surface area contributed by atoms with Crippen molar-refractivity contribution in [3.05, 3.63) is 103 Å². The van der Waals surface area contributed by atoms with Crippen LogP contribution in [0.25, 0.3) is 22.3 Å². The number of benzene rings is 3. The molecule has 1 aliphatic rings. The van der Waals surface area contributed by atoms with Crippen LogP contribution in [0.4, 0.5) is 14.5 Å². The summed E-state index contributed by atoms with van der Waals surface area (Å²) >= 11 is 6.79. The summed E-state index contributed by atoms with van der Waals surface area (Å²) in [5.41, 5.74) is -0.528. The van der Waals surface area contributed by atoms with Gasteiger partial charge in [-0.05, 0) is 30.2 Å². The van der Waals surface area contributed by atoms with Crippen molar-refractivity contribution in [2.24, 2.45) is 14.1 Å². The van der Waals surface area contributed by atoms with E-state index in [-0.39, 0.29) is 51.6 Å². The number of hydrogen-bond donors (Lipinski definition) is 3. The molecule has 10 nitrogen and oxygen atoms in total. The van der Waals surface area contributed by atoms with E-state index in [1.807, 2.05) is 0 Å². The summed E-state index contributed by atoms with van der Waals surface area (Å²) in [6.45, 7) is 0.654. The molecule has 0 bridgehead atoms. The first-order valence-corrected chi connectivity index (χ1v) is 14.4. The Labute approximate surface area is 261 Å². The summed E-state index contributed by atoms with van der Waals surface area (Å²) in [5.74, 6) is -1.95. The largest absolute Gasteiger partial charge is 0.496 e. The molecule has 1 saturated heterocycles. The van der Waals surface area contributed by atoms with Gasteiger partial charge in [-0.3, -0.25) is 19.0 Å². The predicted octanol–water partition coefficient (Wildman–Crippen LogP) is 3.98. The van der Waals surface area contributed by atoms with Crippen LogP contribution in [0.15, 0.2) is 64.3 Å². The number of anilines is 1. The molecule has 13 heteroatoms. The van der Waals surface area contributed by atoms with Crippen molar-refractivity contribution in [3.8, 4) is 28.0 Å². The van der Waals surface area contributed by atoms with Gasteiger partial charge in [0, 0.05) is 68.1 Å². The average Bonchev–Trinajstić information content (AvgIpc) is 3.44. The van der Waals surface area contributed by atoms with Crippen LogP contribution < -0.4 is 31.9 Å². The predicted molar refractivity (Wildman–Crippen MR) is 167 cm³/mol. The number of methoxy groups -OCH3 is 1. The molecular weight excluding hydrogens is 608 g/mol. The quantitative estimate of drug-likeness (QED) is 0.255. The molecule has 1 aromatic heterocycles. The molecule has 0 radical (unpaired) electrons. The summed E-state index contributed by atoms with van der Waals surface area (Å²) in [6, 6.07) is 12.2. The minimum absolute atomic E-state index is 0.00114.